The lowest BCUT2D eigenvalue weighted by atomic mass is 10.0. The van der Waals surface area contributed by atoms with Gasteiger partial charge in [0, 0.05) is 42.2 Å². The van der Waals surface area contributed by atoms with Gasteiger partial charge in [0.05, 0.1) is 18.1 Å². The Balaban J connectivity index is 1.97. The number of primary amides is 1. The lowest BCUT2D eigenvalue weighted by Crippen LogP contribution is -2.54. The summed E-state index contributed by atoms with van der Waals surface area (Å²) in [6.07, 6.45) is -0.655. The zero-order valence-electron chi connectivity index (χ0n) is 27.0. The van der Waals surface area contributed by atoms with Crippen LogP contribution < -0.4 is 31.7 Å². The van der Waals surface area contributed by atoms with Gasteiger partial charge in [-0.1, -0.05) is 31.1 Å². The minimum absolute atomic E-state index is 0.0442. The van der Waals surface area contributed by atoms with E-state index in [0.29, 0.717) is 17.7 Å². The van der Waals surface area contributed by atoms with Crippen LogP contribution in [-0.4, -0.2) is 73.2 Å². The van der Waals surface area contributed by atoms with Crippen molar-refractivity contribution in [2.75, 3.05) is 31.6 Å². The van der Waals surface area contributed by atoms with Gasteiger partial charge in [0.25, 0.3) is 5.69 Å². The van der Waals surface area contributed by atoms with Gasteiger partial charge in [-0.3, -0.25) is 24.5 Å². The number of non-ortho nitro benzene ring substituents is 1. The molecule has 5 amide bonds. The Labute approximate surface area is 281 Å². The number of urea groups is 1. The van der Waals surface area contributed by atoms with Gasteiger partial charge in [0.1, 0.15) is 24.4 Å². The van der Waals surface area contributed by atoms with Crippen molar-refractivity contribution in [1.82, 2.24) is 16.0 Å². The number of nitro benzene ring substituents is 1. The molecular weight excluding hydrogens is 646 g/mol. The van der Waals surface area contributed by atoms with E-state index in [1.54, 1.807) is 38.1 Å². The second-order valence-electron chi connectivity index (χ2n) is 10.7. The highest BCUT2D eigenvalue weighted by Crippen LogP contribution is 2.18. The van der Waals surface area contributed by atoms with E-state index in [2.05, 4.69) is 31.3 Å². The molecule has 0 saturated heterocycles. The fourth-order valence-electron chi connectivity index (χ4n) is 4.06. The lowest BCUT2D eigenvalue weighted by molar-refractivity contribution is -0.384. The molecule has 49 heavy (non-hydrogen) atoms. The highest BCUT2D eigenvalue weighted by atomic mass is 16.7. The van der Waals surface area contributed by atoms with Crippen LogP contribution in [0, 0.1) is 16.0 Å². The molecule has 19 nitrogen and oxygen atoms in total. The Bertz CT molecular complexity index is 1480. The van der Waals surface area contributed by atoms with Gasteiger partial charge in [-0.2, -0.15) is 0 Å². The van der Waals surface area contributed by atoms with Gasteiger partial charge >= 0.3 is 12.2 Å². The number of benzene rings is 2. The molecule has 0 aliphatic carbocycles. The van der Waals surface area contributed by atoms with Crippen molar-refractivity contribution in [3.63, 3.8) is 0 Å². The maximum atomic E-state index is 13.3. The first-order valence-corrected chi connectivity index (χ1v) is 15.1. The van der Waals surface area contributed by atoms with Crippen LogP contribution >= 0.6 is 0 Å². The molecule has 2 aromatic carbocycles. The first kappa shape index (κ1) is 39.2. The molecule has 0 radical (unpaired) electrons. The molecule has 0 saturated carbocycles. The molecule has 0 aliphatic rings. The van der Waals surface area contributed by atoms with Crippen molar-refractivity contribution < 1.29 is 43.1 Å². The van der Waals surface area contributed by atoms with Crippen molar-refractivity contribution in [2.45, 2.75) is 51.8 Å². The Morgan fingerprint density at radius 2 is 1.69 bits per heavy atom. The number of nitrogens with zero attached hydrogens (tertiary/aromatic N) is 4. The lowest BCUT2D eigenvalue weighted by Gasteiger charge is -2.25. The van der Waals surface area contributed by atoms with Crippen molar-refractivity contribution in [1.29, 1.82) is 0 Å². The van der Waals surface area contributed by atoms with Crippen molar-refractivity contribution >= 4 is 41.3 Å². The fraction of sp³-hybridized carbons (Fsp3) is 0.433. The highest BCUT2D eigenvalue weighted by molar-refractivity contribution is 5.98. The molecule has 2 atom stereocenters. The summed E-state index contributed by atoms with van der Waals surface area (Å²) in [5, 5.41) is 24.6. The molecule has 0 unspecified atom stereocenters. The number of nitro groups is 1. The van der Waals surface area contributed by atoms with Crippen LogP contribution in [0.1, 0.15) is 38.7 Å². The maximum absolute atomic E-state index is 13.3. The van der Waals surface area contributed by atoms with Crippen LogP contribution in [0.3, 0.4) is 0 Å². The summed E-state index contributed by atoms with van der Waals surface area (Å²) in [7, 11) is 0. The van der Waals surface area contributed by atoms with Crippen molar-refractivity contribution in [3.05, 3.63) is 74.7 Å². The quantitative estimate of drug-likeness (QED) is 0.0198. The van der Waals surface area contributed by atoms with E-state index in [1.165, 1.54) is 24.3 Å². The molecule has 0 spiro atoms. The normalized spacial score (nSPS) is 11.7. The average Bonchev–Trinajstić information content (AvgIpc) is 3.06. The topological polar surface area (TPSA) is 279 Å². The molecule has 19 heteroatoms. The summed E-state index contributed by atoms with van der Waals surface area (Å²) in [5.41, 5.74) is 14.2. The van der Waals surface area contributed by atoms with Crippen LogP contribution in [0.15, 0.2) is 53.6 Å². The van der Waals surface area contributed by atoms with Gasteiger partial charge in [0.15, 0.2) is 0 Å². The van der Waals surface area contributed by atoms with E-state index in [4.69, 9.17) is 25.5 Å². The second-order valence-corrected chi connectivity index (χ2v) is 10.7. The standard InChI is InChI=1S/C30H39N9O10/c1-19(2)26(37-25(40)13-16-47-17-15-34-38-32)28(42)36-24(4-3-14-33-29(31)43)27(41)35-21-7-5-20(6-8-21)18-48-30(44)49-23-11-9-22(10-12-23)39(45)46/h5-12,19,24,26H,3-4,13-18H2,1-2H3,(H,35,41)(H,36,42)(H,37,40)(H3,31,33,43)/t24-,26-/m0/s1. The van der Waals surface area contributed by atoms with E-state index in [9.17, 15) is 34.1 Å². The summed E-state index contributed by atoms with van der Waals surface area (Å²) < 4.78 is 15.3. The Kier molecular flexibility index (Phi) is 16.8. The number of carbonyl (C=O) groups excluding carboxylic acids is 5. The minimum Gasteiger partial charge on any atom is -0.429 e. The Morgan fingerprint density at radius 1 is 1.00 bits per heavy atom. The number of nitrogens with two attached hydrogens (primary N) is 1. The van der Waals surface area contributed by atoms with Gasteiger partial charge in [-0.05, 0) is 54.1 Å². The molecule has 2 aromatic rings. The molecule has 0 aromatic heterocycles. The smallest absolute Gasteiger partial charge is 0.429 e. The third kappa shape index (κ3) is 15.5. The van der Waals surface area contributed by atoms with E-state index in [0.717, 1.165) is 0 Å². The van der Waals surface area contributed by atoms with Crippen LogP contribution in [0.5, 0.6) is 5.75 Å². The van der Waals surface area contributed by atoms with Gasteiger partial charge in [0.2, 0.25) is 17.7 Å². The summed E-state index contributed by atoms with van der Waals surface area (Å²) in [6.45, 7) is 3.76. The SMILES string of the molecule is CC(C)[C@H](NC(=O)CCOCCN=[N+]=[N-])C(=O)N[C@@H](CCCNC(N)=O)C(=O)Nc1ccc(COC(=O)Oc2ccc([N+](=O)[O-])cc2)cc1. The third-order valence-electron chi connectivity index (χ3n) is 6.57. The number of carbonyl (C=O) groups is 5. The van der Waals surface area contributed by atoms with Crippen molar-refractivity contribution in [3.8, 4) is 5.75 Å². The largest absolute Gasteiger partial charge is 0.514 e. The van der Waals surface area contributed by atoms with E-state index in [1.807, 2.05) is 0 Å². The van der Waals surface area contributed by atoms with Crippen LogP contribution in [-0.2, 0) is 30.5 Å². The van der Waals surface area contributed by atoms with Gasteiger partial charge < -0.3 is 41.2 Å². The number of azide groups is 1. The van der Waals surface area contributed by atoms with Crippen LogP contribution in [0.2, 0.25) is 0 Å². The number of hydrogen-bond acceptors (Lipinski definition) is 11. The van der Waals surface area contributed by atoms with E-state index in [-0.39, 0.29) is 63.1 Å². The monoisotopic (exact) mass is 685 g/mol. The molecule has 0 aliphatic heterocycles. The van der Waals surface area contributed by atoms with Gasteiger partial charge in [-0.25, -0.2) is 9.59 Å². The number of nitrogens with one attached hydrogen (secondary N) is 4. The number of rotatable bonds is 20. The zero-order valence-corrected chi connectivity index (χ0v) is 27.0. The minimum atomic E-state index is -1.05. The van der Waals surface area contributed by atoms with Crippen LogP contribution in [0.25, 0.3) is 10.4 Å². The third-order valence-corrected chi connectivity index (χ3v) is 6.57. The maximum Gasteiger partial charge on any atom is 0.514 e. The van der Waals surface area contributed by atoms with Crippen LogP contribution in [0.4, 0.5) is 21.0 Å². The summed E-state index contributed by atoms with van der Waals surface area (Å²) in [4.78, 5) is 74.9. The first-order chi connectivity index (χ1) is 23.4. The predicted molar refractivity (Wildman–Crippen MR) is 174 cm³/mol. The fourth-order valence-corrected chi connectivity index (χ4v) is 4.06. The predicted octanol–water partition coefficient (Wildman–Crippen LogP) is 3.04. The molecule has 2 rings (SSSR count). The molecule has 6 N–H and O–H groups in total. The van der Waals surface area contributed by atoms with Crippen molar-refractivity contribution in [2.24, 2.45) is 16.8 Å². The molecular formula is C30H39N9O10. The Hall–Kier alpha value is -5.94. The summed E-state index contributed by atoms with van der Waals surface area (Å²) in [5.74, 6) is -1.88. The average molecular weight is 686 g/mol. The number of anilines is 1. The molecule has 264 valence electrons. The van der Waals surface area contributed by atoms with E-state index >= 15 is 0 Å². The number of amides is 5. The first-order valence-electron chi connectivity index (χ1n) is 15.1. The molecule has 0 heterocycles. The zero-order chi connectivity index (χ0) is 36.2. The number of ether oxygens (including phenoxy) is 3. The molecule has 0 fully saturated rings. The Morgan fingerprint density at radius 3 is 2.31 bits per heavy atom. The van der Waals surface area contributed by atoms with E-state index < -0.39 is 46.9 Å². The summed E-state index contributed by atoms with van der Waals surface area (Å²) >= 11 is 0. The van der Waals surface area contributed by atoms with Gasteiger partial charge in [-0.15, -0.1) is 0 Å². The molecule has 0 bridgehead atoms. The highest BCUT2D eigenvalue weighted by Gasteiger charge is 2.29. The second kappa shape index (κ2) is 21.0. The number of hydrogen-bond donors (Lipinski definition) is 5. The summed E-state index contributed by atoms with van der Waals surface area (Å²) in [6, 6.07) is 8.40.